The number of nitrogens with zero attached hydrogens (tertiary/aromatic N) is 1. The first-order valence-corrected chi connectivity index (χ1v) is 11.3. The average Bonchev–Trinajstić information content (AvgIpc) is 2.72. The second-order valence-corrected chi connectivity index (χ2v) is 7.88. The second kappa shape index (κ2) is 14.9. The van der Waals surface area contributed by atoms with Crippen LogP contribution >= 0.6 is 24.0 Å². The van der Waals surface area contributed by atoms with Gasteiger partial charge in [-0.05, 0) is 57.4 Å². The summed E-state index contributed by atoms with van der Waals surface area (Å²) < 4.78 is 17.3. The summed E-state index contributed by atoms with van der Waals surface area (Å²) in [6.45, 7) is 7.78. The summed E-state index contributed by atoms with van der Waals surface area (Å²) in [7, 11) is 0. The molecule has 2 N–H and O–H groups in total. The van der Waals surface area contributed by atoms with Gasteiger partial charge in [-0.25, -0.2) is 4.99 Å². The number of nitrogens with one attached hydrogen (secondary N) is 2. The summed E-state index contributed by atoms with van der Waals surface area (Å²) in [5, 5.41) is 6.73. The molecule has 1 saturated carbocycles. The number of para-hydroxylation sites is 1. The summed E-state index contributed by atoms with van der Waals surface area (Å²) in [6.07, 6.45) is 7.21. The van der Waals surface area contributed by atoms with Crippen molar-refractivity contribution >= 4 is 29.9 Å². The van der Waals surface area contributed by atoms with E-state index in [2.05, 4.69) is 35.8 Å². The van der Waals surface area contributed by atoms with E-state index in [1.807, 2.05) is 6.07 Å². The van der Waals surface area contributed by atoms with E-state index in [1.165, 1.54) is 19.3 Å². The minimum absolute atomic E-state index is 0. The summed E-state index contributed by atoms with van der Waals surface area (Å²) in [6, 6.07) is 8.24. The number of halogens is 1. The highest BCUT2D eigenvalue weighted by atomic mass is 127. The number of ether oxygens (including phenoxy) is 3. The molecule has 30 heavy (non-hydrogen) atoms. The van der Waals surface area contributed by atoms with Crippen molar-refractivity contribution in [3.05, 3.63) is 29.8 Å². The Morgan fingerprint density at radius 3 is 2.67 bits per heavy atom. The van der Waals surface area contributed by atoms with Crippen molar-refractivity contribution in [3.63, 3.8) is 0 Å². The third-order valence-electron chi connectivity index (χ3n) is 5.52. The molecule has 2 fully saturated rings. The molecule has 2 aliphatic rings. The van der Waals surface area contributed by atoms with E-state index in [-0.39, 0.29) is 24.0 Å². The zero-order chi connectivity index (χ0) is 20.2. The smallest absolute Gasteiger partial charge is 0.191 e. The monoisotopic (exact) mass is 531 g/mol. The maximum atomic E-state index is 6.11. The van der Waals surface area contributed by atoms with Gasteiger partial charge in [-0.1, -0.05) is 18.2 Å². The van der Waals surface area contributed by atoms with E-state index in [0.717, 1.165) is 76.1 Å². The van der Waals surface area contributed by atoms with Gasteiger partial charge < -0.3 is 24.8 Å². The molecule has 0 bridgehead atoms. The molecule has 170 valence electrons. The van der Waals surface area contributed by atoms with Crippen LogP contribution in [-0.4, -0.2) is 51.6 Å². The van der Waals surface area contributed by atoms with Crippen molar-refractivity contribution in [3.8, 4) is 5.75 Å². The minimum atomic E-state index is 0. The van der Waals surface area contributed by atoms with E-state index in [0.29, 0.717) is 18.6 Å². The van der Waals surface area contributed by atoms with Crippen molar-refractivity contribution in [2.24, 2.45) is 10.9 Å². The number of aliphatic imine (C=N–C) groups is 1. The lowest BCUT2D eigenvalue weighted by Gasteiger charge is -2.27. The predicted molar refractivity (Wildman–Crippen MR) is 132 cm³/mol. The largest absolute Gasteiger partial charge is 0.490 e. The summed E-state index contributed by atoms with van der Waals surface area (Å²) >= 11 is 0. The van der Waals surface area contributed by atoms with Crippen LogP contribution in [0, 0.1) is 5.92 Å². The number of rotatable bonds is 11. The van der Waals surface area contributed by atoms with Gasteiger partial charge in [0.2, 0.25) is 0 Å². The normalized spacial score (nSPS) is 17.7. The summed E-state index contributed by atoms with van der Waals surface area (Å²) in [5.74, 6) is 2.48. The van der Waals surface area contributed by atoms with Gasteiger partial charge in [-0.3, -0.25) is 0 Å². The molecule has 7 heteroatoms. The number of benzene rings is 1. The molecule has 1 aromatic carbocycles. The molecule has 1 saturated heterocycles. The molecule has 0 spiro atoms. The summed E-state index contributed by atoms with van der Waals surface area (Å²) in [5.41, 5.74) is 1.14. The van der Waals surface area contributed by atoms with Crippen LogP contribution in [0.3, 0.4) is 0 Å². The standard InChI is InChI=1S/C23H37N3O3.HI/c1-2-24-23(25-13-6-14-28-18-19-11-15-27-16-12-19)26-17-20-7-3-4-10-22(20)29-21-8-5-9-21;/h3-4,7,10,19,21H,2,5-6,8-9,11-18H2,1H3,(H2,24,25,26);1H. The number of hydrogen-bond acceptors (Lipinski definition) is 4. The Morgan fingerprint density at radius 1 is 1.13 bits per heavy atom. The number of guanidine groups is 1. The topological polar surface area (TPSA) is 64.1 Å². The maximum Gasteiger partial charge on any atom is 0.191 e. The highest BCUT2D eigenvalue weighted by Crippen LogP contribution is 2.27. The van der Waals surface area contributed by atoms with E-state index < -0.39 is 0 Å². The Bertz CT molecular complexity index is 619. The molecule has 1 heterocycles. The van der Waals surface area contributed by atoms with Gasteiger partial charge in [0.1, 0.15) is 5.75 Å². The van der Waals surface area contributed by atoms with Gasteiger partial charge in [-0.2, -0.15) is 0 Å². The van der Waals surface area contributed by atoms with Gasteiger partial charge in [0.15, 0.2) is 5.96 Å². The van der Waals surface area contributed by atoms with Crippen LogP contribution in [0.4, 0.5) is 0 Å². The van der Waals surface area contributed by atoms with Crippen molar-refractivity contribution in [2.45, 2.75) is 58.1 Å². The van der Waals surface area contributed by atoms with Crippen molar-refractivity contribution < 1.29 is 14.2 Å². The first-order valence-electron chi connectivity index (χ1n) is 11.3. The fraction of sp³-hybridized carbons (Fsp3) is 0.696. The highest BCUT2D eigenvalue weighted by molar-refractivity contribution is 14.0. The lowest BCUT2D eigenvalue weighted by atomic mass is 9.96. The Morgan fingerprint density at radius 2 is 1.93 bits per heavy atom. The first kappa shape index (κ1) is 25.2. The molecule has 1 aromatic rings. The first-order chi connectivity index (χ1) is 14.3. The molecule has 3 rings (SSSR count). The van der Waals surface area contributed by atoms with Crippen LogP contribution in [0.25, 0.3) is 0 Å². The van der Waals surface area contributed by atoms with Crippen LogP contribution < -0.4 is 15.4 Å². The fourth-order valence-electron chi connectivity index (χ4n) is 3.47. The van der Waals surface area contributed by atoms with E-state index >= 15 is 0 Å². The van der Waals surface area contributed by atoms with Crippen LogP contribution in [0.1, 0.15) is 51.0 Å². The zero-order valence-corrected chi connectivity index (χ0v) is 20.6. The predicted octanol–water partition coefficient (Wildman–Crippen LogP) is 4.12. The Kier molecular flexibility index (Phi) is 12.5. The number of hydrogen-bond donors (Lipinski definition) is 2. The molecule has 0 aromatic heterocycles. The lowest BCUT2D eigenvalue weighted by Crippen LogP contribution is -2.38. The van der Waals surface area contributed by atoms with Crippen molar-refractivity contribution in [2.75, 3.05) is 39.5 Å². The van der Waals surface area contributed by atoms with E-state index in [1.54, 1.807) is 0 Å². The molecule has 1 aliphatic carbocycles. The van der Waals surface area contributed by atoms with Gasteiger partial charge in [0.05, 0.1) is 12.6 Å². The lowest BCUT2D eigenvalue weighted by molar-refractivity contribution is 0.0203. The quantitative estimate of drug-likeness (QED) is 0.195. The Balaban J connectivity index is 0.00000320. The van der Waals surface area contributed by atoms with Gasteiger partial charge >= 0.3 is 0 Å². The molecule has 0 atom stereocenters. The van der Waals surface area contributed by atoms with Gasteiger partial charge in [0, 0.05) is 45.1 Å². The molecule has 6 nitrogen and oxygen atoms in total. The van der Waals surface area contributed by atoms with Crippen LogP contribution in [0.5, 0.6) is 5.75 Å². The van der Waals surface area contributed by atoms with Crippen molar-refractivity contribution in [1.82, 2.24) is 10.6 Å². The Hall–Kier alpha value is -1.06. The van der Waals surface area contributed by atoms with Gasteiger partial charge in [0.25, 0.3) is 0 Å². The summed E-state index contributed by atoms with van der Waals surface area (Å²) in [4.78, 5) is 4.75. The SMILES string of the molecule is CCNC(=NCc1ccccc1OC1CCC1)NCCCOCC1CCOCC1.I. The van der Waals surface area contributed by atoms with Crippen molar-refractivity contribution in [1.29, 1.82) is 0 Å². The molecular weight excluding hydrogens is 493 g/mol. The van der Waals surface area contributed by atoms with Crippen LogP contribution in [0.2, 0.25) is 0 Å². The molecule has 0 unspecified atom stereocenters. The van der Waals surface area contributed by atoms with Crippen LogP contribution in [0.15, 0.2) is 29.3 Å². The molecular formula is C23H38IN3O3. The molecule has 0 amide bonds. The minimum Gasteiger partial charge on any atom is -0.490 e. The fourth-order valence-corrected chi connectivity index (χ4v) is 3.47. The molecule has 0 radical (unpaired) electrons. The average molecular weight is 531 g/mol. The van der Waals surface area contributed by atoms with E-state index in [4.69, 9.17) is 19.2 Å². The maximum absolute atomic E-state index is 6.11. The van der Waals surface area contributed by atoms with E-state index in [9.17, 15) is 0 Å². The Labute approximate surface area is 198 Å². The van der Waals surface area contributed by atoms with Crippen LogP contribution in [-0.2, 0) is 16.0 Å². The highest BCUT2D eigenvalue weighted by Gasteiger charge is 2.20. The van der Waals surface area contributed by atoms with Gasteiger partial charge in [-0.15, -0.1) is 24.0 Å². The second-order valence-electron chi connectivity index (χ2n) is 7.88. The molecule has 1 aliphatic heterocycles. The third-order valence-corrected chi connectivity index (χ3v) is 5.52. The third kappa shape index (κ3) is 8.98. The zero-order valence-electron chi connectivity index (χ0n) is 18.2.